The highest BCUT2D eigenvalue weighted by Crippen LogP contribution is 2.32. The third-order valence-corrected chi connectivity index (χ3v) is 4.98. The standard InChI is InChI=1S/C12H15BrN2O3S/c1-7-3-9(13)4-8(2)12(7)15-6-10(5-11(15)16)19(14,17)18/h3-4,10H,5-6H2,1-2H3,(H2,14,17,18). The van der Waals surface area contributed by atoms with Crippen molar-refractivity contribution in [2.24, 2.45) is 5.14 Å². The van der Waals surface area contributed by atoms with Gasteiger partial charge in [0.05, 0.1) is 0 Å². The molecule has 1 saturated heterocycles. The molecule has 0 aromatic heterocycles. The van der Waals surface area contributed by atoms with Crippen molar-refractivity contribution in [1.82, 2.24) is 0 Å². The summed E-state index contributed by atoms with van der Waals surface area (Å²) in [6, 6.07) is 3.81. The van der Waals surface area contributed by atoms with E-state index in [1.54, 1.807) is 0 Å². The number of hydrogen-bond donors (Lipinski definition) is 1. The van der Waals surface area contributed by atoms with Gasteiger partial charge in [0.1, 0.15) is 5.25 Å². The summed E-state index contributed by atoms with van der Waals surface area (Å²) in [5.41, 5.74) is 2.63. The Bertz CT molecular complexity index is 619. The van der Waals surface area contributed by atoms with Gasteiger partial charge in [0.25, 0.3) is 0 Å². The van der Waals surface area contributed by atoms with Crippen LogP contribution in [-0.4, -0.2) is 26.1 Å². The van der Waals surface area contributed by atoms with E-state index in [2.05, 4.69) is 15.9 Å². The minimum atomic E-state index is -3.68. The van der Waals surface area contributed by atoms with E-state index in [4.69, 9.17) is 5.14 Å². The van der Waals surface area contributed by atoms with Crippen LogP contribution in [0.15, 0.2) is 16.6 Å². The van der Waals surface area contributed by atoms with Gasteiger partial charge in [-0.2, -0.15) is 0 Å². The van der Waals surface area contributed by atoms with Crippen molar-refractivity contribution in [3.05, 3.63) is 27.7 Å². The molecule has 0 radical (unpaired) electrons. The summed E-state index contributed by atoms with van der Waals surface area (Å²) in [6.45, 7) is 3.91. The largest absolute Gasteiger partial charge is 0.310 e. The number of carbonyl (C=O) groups is 1. The number of amides is 1. The number of sulfonamides is 1. The zero-order valence-corrected chi connectivity index (χ0v) is 13.1. The van der Waals surface area contributed by atoms with E-state index in [1.165, 1.54) is 4.90 Å². The normalized spacial score (nSPS) is 20.1. The summed E-state index contributed by atoms with van der Waals surface area (Å²) < 4.78 is 23.7. The molecule has 1 amide bonds. The summed E-state index contributed by atoms with van der Waals surface area (Å²) in [6.07, 6.45) is -0.0478. The summed E-state index contributed by atoms with van der Waals surface area (Å²) in [4.78, 5) is 13.5. The van der Waals surface area contributed by atoms with Crippen molar-refractivity contribution < 1.29 is 13.2 Å². The molecule has 2 rings (SSSR count). The van der Waals surface area contributed by atoms with Gasteiger partial charge in [-0.25, -0.2) is 13.6 Å². The maximum Gasteiger partial charge on any atom is 0.228 e. The molecule has 7 heteroatoms. The van der Waals surface area contributed by atoms with Crippen molar-refractivity contribution in [3.8, 4) is 0 Å². The molecule has 1 aliphatic rings. The van der Waals surface area contributed by atoms with Crippen molar-refractivity contribution in [2.45, 2.75) is 25.5 Å². The van der Waals surface area contributed by atoms with E-state index < -0.39 is 15.3 Å². The highest BCUT2D eigenvalue weighted by Gasteiger charge is 2.38. The third kappa shape index (κ3) is 2.82. The zero-order chi connectivity index (χ0) is 14.4. The fourth-order valence-electron chi connectivity index (χ4n) is 2.44. The molecule has 1 unspecified atom stereocenters. The van der Waals surface area contributed by atoms with Crippen molar-refractivity contribution >= 4 is 37.5 Å². The molecule has 1 fully saturated rings. The average molecular weight is 347 g/mol. The van der Waals surface area contributed by atoms with E-state index >= 15 is 0 Å². The number of aryl methyl sites for hydroxylation is 2. The first-order valence-corrected chi connectivity index (χ1v) is 8.19. The van der Waals surface area contributed by atoms with Gasteiger partial charge in [-0.3, -0.25) is 4.79 Å². The third-order valence-electron chi connectivity index (χ3n) is 3.28. The fraction of sp³-hybridized carbons (Fsp3) is 0.417. The maximum absolute atomic E-state index is 12.0. The Hall–Kier alpha value is -0.920. The predicted molar refractivity (Wildman–Crippen MR) is 77.5 cm³/mol. The minimum Gasteiger partial charge on any atom is -0.310 e. The second kappa shape index (κ2) is 4.88. The lowest BCUT2D eigenvalue weighted by atomic mass is 10.1. The van der Waals surface area contributed by atoms with Gasteiger partial charge in [0, 0.05) is 23.1 Å². The van der Waals surface area contributed by atoms with Crippen molar-refractivity contribution in [3.63, 3.8) is 0 Å². The number of anilines is 1. The van der Waals surface area contributed by atoms with E-state index in [-0.39, 0.29) is 18.9 Å². The highest BCUT2D eigenvalue weighted by molar-refractivity contribution is 9.10. The van der Waals surface area contributed by atoms with E-state index in [0.29, 0.717) is 0 Å². The van der Waals surface area contributed by atoms with Gasteiger partial charge in [0.15, 0.2) is 0 Å². The Morgan fingerprint density at radius 2 is 1.84 bits per heavy atom. The quantitative estimate of drug-likeness (QED) is 0.880. The average Bonchev–Trinajstić information content (AvgIpc) is 2.59. The van der Waals surface area contributed by atoms with Crippen molar-refractivity contribution in [1.29, 1.82) is 0 Å². The molecule has 104 valence electrons. The number of benzene rings is 1. The molecule has 1 atom stereocenters. The van der Waals surface area contributed by atoms with E-state index in [1.807, 2.05) is 26.0 Å². The fourth-order valence-corrected chi connectivity index (χ4v) is 3.86. The van der Waals surface area contributed by atoms with Gasteiger partial charge in [-0.05, 0) is 37.1 Å². The van der Waals surface area contributed by atoms with Crippen LogP contribution in [0.5, 0.6) is 0 Å². The zero-order valence-electron chi connectivity index (χ0n) is 10.7. The number of primary sulfonamides is 1. The molecule has 0 bridgehead atoms. The van der Waals surface area contributed by atoms with Gasteiger partial charge in [-0.1, -0.05) is 15.9 Å². The second-order valence-electron chi connectivity index (χ2n) is 4.81. The number of carbonyl (C=O) groups excluding carboxylic acids is 1. The van der Waals surface area contributed by atoms with Crippen LogP contribution in [0.4, 0.5) is 5.69 Å². The lowest BCUT2D eigenvalue weighted by Gasteiger charge is -2.21. The van der Waals surface area contributed by atoms with Gasteiger partial charge in [-0.15, -0.1) is 0 Å². The Morgan fingerprint density at radius 3 is 2.26 bits per heavy atom. The van der Waals surface area contributed by atoms with Gasteiger partial charge < -0.3 is 4.90 Å². The topological polar surface area (TPSA) is 80.5 Å². The molecule has 2 N–H and O–H groups in total. The summed E-state index contributed by atoms with van der Waals surface area (Å²) >= 11 is 3.40. The Labute approximate surface area is 121 Å². The van der Waals surface area contributed by atoms with Crippen LogP contribution in [0.25, 0.3) is 0 Å². The van der Waals surface area contributed by atoms with Gasteiger partial charge in [0.2, 0.25) is 15.9 Å². The van der Waals surface area contributed by atoms with Gasteiger partial charge >= 0.3 is 0 Å². The smallest absolute Gasteiger partial charge is 0.228 e. The summed E-state index contributed by atoms with van der Waals surface area (Å²) in [7, 11) is -3.68. The number of rotatable bonds is 2. The molecular weight excluding hydrogens is 332 g/mol. The molecule has 0 spiro atoms. The van der Waals surface area contributed by atoms with Crippen LogP contribution >= 0.6 is 15.9 Å². The molecule has 1 aromatic rings. The Morgan fingerprint density at radius 1 is 1.32 bits per heavy atom. The number of halogens is 1. The molecular formula is C12H15BrN2O3S. The first-order chi connectivity index (χ1) is 8.70. The summed E-state index contributed by atoms with van der Waals surface area (Å²) in [5, 5.41) is 4.31. The molecule has 1 aliphatic heterocycles. The van der Waals surface area contributed by atoms with Crippen molar-refractivity contribution in [2.75, 3.05) is 11.4 Å². The monoisotopic (exact) mass is 346 g/mol. The first kappa shape index (κ1) is 14.5. The number of nitrogens with two attached hydrogens (primary N) is 1. The minimum absolute atomic E-state index is 0.0478. The molecule has 1 heterocycles. The highest BCUT2D eigenvalue weighted by atomic mass is 79.9. The van der Waals surface area contributed by atoms with Crippen LogP contribution < -0.4 is 10.0 Å². The van der Waals surface area contributed by atoms with Crippen LogP contribution in [0.3, 0.4) is 0 Å². The van der Waals surface area contributed by atoms with E-state index in [0.717, 1.165) is 21.3 Å². The predicted octanol–water partition coefficient (Wildman–Crippen LogP) is 1.46. The van der Waals surface area contributed by atoms with E-state index in [9.17, 15) is 13.2 Å². The molecule has 0 aliphatic carbocycles. The van der Waals surface area contributed by atoms with Crippen LogP contribution in [0.2, 0.25) is 0 Å². The molecule has 0 saturated carbocycles. The lowest BCUT2D eigenvalue weighted by Crippen LogP contribution is -2.32. The number of nitrogens with zero attached hydrogens (tertiary/aromatic N) is 1. The molecule has 5 nitrogen and oxygen atoms in total. The lowest BCUT2D eigenvalue weighted by molar-refractivity contribution is -0.117. The Kier molecular flexibility index (Phi) is 3.72. The first-order valence-electron chi connectivity index (χ1n) is 5.79. The SMILES string of the molecule is Cc1cc(Br)cc(C)c1N1CC(S(N)(=O)=O)CC1=O. The molecule has 19 heavy (non-hydrogen) atoms. The van der Waals surface area contributed by atoms with Crippen LogP contribution in [0.1, 0.15) is 17.5 Å². The second-order valence-corrected chi connectivity index (χ2v) is 7.57. The van der Waals surface area contributed by atoms with Crippen LogP contribution in [0, 0.1) is 13.8 Å². The maximum atomic E-state index is 12.0. The summed E-state index contributed by atoms with van der Waals surface area (Å²) in [5.74, 6) is -0.201. The Balaban J connectivity index is 2.42. The number of hydrogen-bond acceptors (Lipinski definition) is 3. The van der Waals surface area contributed by atoms with Crippen LogP contribution in [-0.2, 0) is 14.8 Å². The molecule has 1 aromatic carbocycles.